The summed E-state index contributed by atoms with van der Waals surface area (Å²) in [7, 11) is 1.63. The lowest BCUT2D eigenvalue weighted by molar-refractivity contribution is 0.256. The number of rotatable bonds is 3. The molecule has 2 N–H and O–H groups in total. The largest absolute Gasteiger partial charge is 0.497 e. The third-order valence-corrected chi connectivity index (χ3v) is 4.83. The Kier molecular flexibility index (Phi) is 5.57. The first kappa shape index (κ1) is 19.4. The molecule has 3 aromatic carbocycles. The highest BCUT2D eigenvalue weighted by atomic mass is 16.5. The van der Waals surface area contributed by atoms with Crippen molar-refractivity contribution in [3.63, 3.8) is 0 Å². The zero-order valence-electron chi connectivity index (χ0n) is 16.8. The first-order valence-corrected chi connectivity index (χ1v) is 9.64. The van der Waals surface area contributed by atoms with E-state index in [4.69, 9.17) is 14.7 Å². The van der Waals surface area contributed by atoms with Crippen molar-refractivity contribution in [2.24, 2.45) is 9.98 Å². The molecule has 2 amide bonds. The predicted octanol–water partition coefficient (Wildman–Crippen LogP) is 5.44. The minimum absolute atomic E-state index is 0.301. The Morgan fingerprint density at radius 1 is 0.833 bits per heavy atom. The first-order valence-electron chi connectivity index (χ1n) is 9.64. The second-order valence-electron chi connectivity index (χ2n) is 6.89. The number of nitrogens with one attached hydrogen (secondary N) is 2. The lowest BCUT2D eigenvalue weighted by Gasteiger charge is -2.20. The topological polar surface area (TPSA) is 75.1 Å². The number of amides is 2. The van der Waals surface area contributed by atoms with Crippen molar-refractivity contribution in [1.29, 1.82) is 0 Å². The summed E-state index contributed by atoms with van der Waals surface area (Å²) >= 11 is 0. The number of aliphatic imine (C=N–C) groups is 2. The van der Waals surface area contributed by atoms with Crippen molar-refractivity contribution in [3.05, 3.63) is 84.4 Å². The summed E-state index contributed by atoms with van der Waals surface area (Å²) in [5.74, 6) is 0.975. The lowest BCUT2D eigenvalue weighted by atomic mass is 9.93. The molecule has 1 unspecified atom stereocenters. The molecule has 1 aliphatic rings. The summed E-state index contributed by atoms with van der Waals surface area (Å²) in [6, 6.07) is 24.3. The van der Waals surface area contributed by atoms with Crippen LogP contribution in [0.25, 0.3) is 0 Å². The maximum Gasteiger partial charge on any atom is 0.324 e. The number of urea groups is 1. The second-order valence-corrected chi connectivity index (χ2v) is 6.89. The Balaban J connectivity index is 1.71. The van der Waals surface area contributed by atoms with Crippen LogP contribution in [-0.2, 0) is 0 Å². The molecule has 6 nitrogen and oxygen atoms in total. The summed E-state index contributed by atoms with van der Waals surface area (Å²) in [4.78, 5) is 22.3. The van der Waals surface area contributed by atoms with Gasteiger partial charge in [-0.2, -0.15) is 0 Å². The lowest BCUT2D eigenvalue weighted by Crippen LogP contribution is -2.39. The Morgan fingerprint density at radius 2 is 1.47 bits per heavy atom. The number of nitrogens with zero attached hydrogens (tertiary/aromatic N) is 2. The fraction of sp³-hybridized carbons (Fsp3) is 0.125. The van der Waals surface area contributed by atoms with E-state index < -0.39 is 0 Å². The maximum absolute atomic E-state index is 12.7. The monoisotopic (exact) mass is 398 g/mol. The van der Waals surface area contributed by atoms with Crippen LogP contribution < -0.4 is 15.4 Å². The van der Waals surface area contributed by atoms with E-state index in [1.165, 1.54) is 0 Å². The van der Waals surface area contributed by atoms with Gasteiger partial charge in [0.05, 0.1) is 24.4 Å². The number of carbonyl (C=O) groups excluding carboxylic acids is 1. The molecule has 30 heavy (non-hydrogen) atoms. The van der Waals surface area contributed by atoms with Crippen LogP contribution in [0.15, 0.2) is 88.8 Å². The van der Waals surface area contributed by atoms with E-state index >= 15 is 0 Å². The van der Waals surface area contributed by atoms with Crippen molar-refractivity contribution in [3.8, 4) is 5.75 Å². The van der Waals surface area contributed by atoms with E-state index in [1.54, 1.807) is 7.11 Å². The number of benzene rings is 3. The molecule has 0 aromatic heterocycles. The first-order chi connectivity index (χ1) is 14.6. The SMILES string of the molecule is COc1ccc(C2C(C)=Nc3ccccc3N=C2NC(=O)Nc2ccccc2)cc1. The minimum atomic E-state index is -0.356. The number of methoxy groups -OCH3 is 1. The Morgan fingerprint density at radius 3 is 2.13 bits per heavy atom. The number of para-hydroxylation sites is 3. The summed E-state index contributed by atoms with van der Waals surface area (Å²) in [5, 5.41) is 5.79. The third-order valence-electron chi connectivity index (χ3n) is 4.83. The standard InChI is InChI=1S/C24H22N4O2/c1-16-22(17-12-14-19(30-2)15-13-17)23(27-21-11-7-6-10-20(21)25-16)28-24(29)26-18-8-4-3-5-9-18/h3-15,22H,1-2H3,(H2,26,27,28,29). The molecular weight excluding hydrogens is 376 g/mol. The van der Waals surface area contributed by atoms with E-state index in [0.29, 0.717) is 17.2 Å². The predicted molar refractivity (Wildman–Crippen MR) is 121 cm³/mol. The van der Waals surface area contributed by atoms with Crippen LogP contribution in [0.5, 0.6) is 5.75 Å². The number of ether oxygens (including phenoxy) is 1. The zero-order valence-corrected chi connectivity index (χ0v) is 16.8. The zero-order chi connectivity index (χ0) is 20.9. The number of amidine groups is 1. The molecule has 1 heterocycles. The van der Waals surface area contributed by atoms with Gasteiger partial charge in [0.1, 0.15) is 11.6 Å². The third kappa shape index (κ3) is 4.22. The molecule has 3 aromatic rings. The van der Waals surface area contributed by atoms with Gasteiger partial charge in [-0.25, -0.2) is 9.79 Å². The van der Waals surface area contributed by atoms with Gasteiger partial charge < -0.3 is 10.1 Å². The van der Waals surface area contributed by atoms with Gasteiger partial charge in [-0.05, 0) is 48.9 Å². The number of hydrogen-bond acceptors (Lipinski definition) is 4. The van der Waals surface area contributed by atoms with Crippen molar-refractivity contribution in [1.82, 2.24) is 5.32 Å². The molecule has 4 rings (SSSR count). The summed E-state index contributed by atoms with van der Waals surface area (Å²) in [6.07, 6.45) is 0. The van der Waals surface area contributed by atoms with Gasteiger partial charge in [-0.1, -0.05) is 42.5 Å². The average molecular weight is 398 g/mol. The molecule has 6 heteroatoms. The van der Waals surface area contributed by atoms with E-state index in [2.05, 4.69) is 10.6 Å². The summed E-state index contributed by atoms with van der Waals surface area (Å²) in [6.45, 7) is 1.95. The molecule has 0 bridgehead atoms. The maximum atomic E-state index is 12.7. The molecule has 0 aliphatic carbocycles. The minimum Gasteiger partial charge on any atom is -0.497 e. The van der Waals surface area contributed by atoms with Crippen LogP contribution in [0.2, 0.25) is 0 Å². The molecule has 0 saturated heterocycles. The van der Waals surface area contributed by atoms with Crippen LogP contribution in [0, 0.1) is 0 Å². The van der Waals surface area contributed by atoms with Gasteiger partial charge in [0, 0.05) is 11.4 Å². The molecule has 1 atom stereocenters. The van der Waals surface area contributed by atoms with E-state index in [-0.39, 0.29) is 11.9 Å². The van der Waals surface area contributed by atoms with E-state index in [0.717, 1.165) is 22.7 Å². The normalized spacial score (nSPS) is 15.2. The quantitative estimate of drug-likeness (QED) is 0.617. The highest BCUT2D eigenvalue weighted by molar-refractivity contribution is 6.18. The molecule has 0 radical (unpaired) electrons. The summed E-state index contributed by atoms with van der Waals surface area (Å²) < 4.78 is 5.28. The van der Waals surface area contributed by atoms with Crippen molar-refractivity contribution in [2.75, 3.05) is 12.4 Å². The van der Waals surface area contributed by atoms with Gasteiger partial charge in [-0.3, -0.25) is 10.3 Å². The van der Waals surface area contributed by atoms with Gasteiger partial charge in [0.25, 0.3) is 0 Å². The van der Waals surface area contributed by atoms with Crippen LogP contribution in [0.1, 0.15) is 18.4 Å². The Labute approximate surface area is 175 Å². The molecule has 0 saturated carbocycles. The van der Waals surface area contributed by atoms with Crippen LogP contribution >= 0.6 is 0 Å². The number of carbonyl (C=O) groups is 1. The fourth-order valence-electron chi connectivity index (χ4n) is 3.40. The van der Waals surface area contributed by atoms with Crippen molar-refractivity contribution in [2.45, 2.75) is 12.8 Å². The van der Waals surface area contributed by atoms with E-state index in [1.807, 2.05) is 85.8 Å². The molecule has 0 fully saturated rings. The van der Waals surface area contributed by atoms with Crippen molar-refractivity contribution >= 4 is 34.6 Å². The number of hydrogen-bond donors (Lipinski definition) is 2. The molecular formula is C24H22N4O2. The van der Waals surface area contributed by atoms with Crippen LogP contribution in [0.4, 0.5) is 21.9 Å². The fourth-order valence-corrected chi connectivity index (χ4v) is 3.40. The van der Waals surface area contributed by atoms with Gasteiger partial charge in [-0.15, -0.1) is 0 Å². The summed E-state index contributed by atoms with van der Waals surface area (Å²) in [5.41, 5.74) is 3.99. The molecule has 1 aliphatic heterocycles. The smallest absolute Gasteiger partial charge is 0.324 e. The number of anilines is 1. The Hall–Kier alpha value is -3.93. The van der Waals surface area contributed by atoms with Gasteiger partial charge in [0.2, 0.25) is 0 Å². The van der Waals surface area contributed by atoms with Crippen molar-refractivity contribution < 1.29 is 9.53 Å². The molecule has 0 spiro atoms. The highest BCUT2D eigenvalue weighted by Crippen LogP contribution is 2.34. The highest BCUT2D eigenvalue weighted by Gasteiger charge is 2.26. The number of fused-ring (bicyclic) bond motifs is 1. The van der Waals surface area contributed by atoms with E-state index in [9.17, 15) is 4.79 Å². The molecule has 150 valence electrons. The van der Waals surface area contributed by atoms with Gasteiger partial charge >= 0.3 is 6.03 Å². The second kappa shape index (κ2) is 8.61. The average Bonchev–Trinajstić information content (AvgIpc) is 2.89. The van der Waals surface area contributed by atoms with Crippen LogP contribution in [-0.4, -0.2) is 24.7 Å². The van der Waals surface area contributed by atoms with Crippen LogP contribution in [0.3, 0.4) is 0 Å². The Bertz CT molecular complexity index is 1110. The van der Waals surface area contributed by atoms with Gasteiger partial charge in [0.15, 0.2) is 0 Å².